The van der Waals surface area contributed by atoms with E-state index >= 15 is 0 Å². The predicted octanol–water partition coefficient (Wildman–Crippen LogP) is 2.78. The van der Waals surface area contributed by atoms with Gasteiger partial charge < -0.3 is 24.4 Å². The summed E-state index contributed by atoms with van der Waals surface area (Å²) < 4.78 is 29.6. The van der Waals surface area contributed by atoms with Gasteiger partial charge in [0.05, 0.1) is 18.8 Å². The van der Waals surface area contributed by atoms with Gasteiger partial charge in [0.15, 0.2) is 11.5 Å². The molecule has 0 saturated carbocycles. The smallest absolute Gasteiger partial charge is 0.243 e. The van der Waals surface area contributed by atoms with Crippen molar-refractivity contribution in [3.63, 3.8) is 0 Å². The number of nitrogens with zero attached hydrogens (tertiary/aromatic N) is 1. The highest BCUT2D eigenvalue weighted by Gasteiger charge is 2.25. The molecule has 1 atom stereocenters. The number of fused-ring (bicyclic) bond motifs is 2. The molecular formula is C18H17FN2O4. The Morgan fingerprint density at radius 1 is 1.20 bits per heavy atom. The molecule has 1 unspecified atom stereocenters. The Bertz CT molecular complexity index is 827. The first-order valence-electron chi connectivity index (χ1n) is 7.99. The maximum absolute atomic E-state index is 13.4. The van der Waals surface area contributed by atoms with Crippen molar-refractivity contribution in [2.45, 2.75) is 13.0 Å². The first-order chi connectivity index (χ1) is 12.1. The third-order valence-electron chi connectivity index (χ3n) is 4.06. The fourth-order valence-corrected chi connectivity index (χ4v) is 3.00. The van der Waals surface area contributed by atoms with Crippen LogP contribution in [0.4, 0.5) is 15.8 Å². The highest BCUT2D eigenvalue weighted by Crippen LogP contribution is 2.35. The summed E-state index contributed by atoms with van der Waals surface area (Å²) in [6, 6.07) is 9.58. The number of carbonyl (C=O) groups is 1. The molecule has 0 aromatic heterocycles. The molecule has 0 fully saturated rings. The van der Waals surface area contributed by atoms with Crippen LogP contribution in [0.25, 0.3) is 0 Å². The topological polar surface area (TPSA) is 60.0 Å². The molecular weight excluding hydrogens is 327 g/mol. The lowest BCUT2D eigenvalue weighted by atomic mass is 10.2. The number of ether oxygens (including phenoxy) is 3. The quantitative estimate of drug-likeness (QED) is 0.928. The summed E-state index contributed by atoms with van der Waals surface area (Å²) >= 11 is 0. The molecule has 0 aliphatic carbocycles. The number of rotatable bonds is 3. The fourth-order valence-electron chi connectivity index (χ4n) is 3.00. The molecule has 7 heteroatoms. The third-order valence-corrected chi connectivity index (χ3v) is 4.06. The molecule has 1 amide bonds. The monoisotopic (exact) mass is 344 g/mol. The van der Waals surface area contributed by atoms with Crippen LogP contribution in [0.5, 0.6) is 17.2 Å². The summed E-state index contributed by atoms with van der Waals surface area (Å²) in [7, 11) is 0. The van der Waals surface area contributed by atoms with Crippen LogP contribution < -0.4 is 24.4 Å². The minimum Gasteiger partial charge on any atom is -0.487 e. The van der Waals surface area contributed by atoms with E-state index in [0.29, 0.717) is 35.2 Å². The summed E-state index contributed by atoms with van der Waals surface area (Å²) in [5.74, 6) is 1.19. The van der Waals surface area contributed by atoms with Crippen molar-refractivity contribution in [2.24, 2.45) is 0 Å². The number of hydrogen-bond acceptors (Lipinski definition) is 5. The SMILES string of the molecule is CC1CN(CC(=O)Nc2ccc3c(c2)OCO3)c2ccc(F)cc2O1. The van der Waals surface area contributed by atoms with Gasteiger partial charge in [-0.05, 0) is 31.2 Å². The van der Waals surface area contributed by atoms with Crippen molar-refractivity contribution in [3.8, 4) is 17.2 Å². The lowest BCUT2D eigenvalue weighted by molar-refractivity contribution is -0.115. The van der Waals surface area contributed by atoms with Gasteiger partial charge >= 0.3 is 0 Å². The van der Waals surface area contributed by atoms with Crippen LogP contribution in [0, 0.1) is 5.82 Å². The lowest BCUT2D eigenvalue weighted by Crippen LogP contribution is -2.42. The molecule has 0 radical (unpaired) electrons. The van der Waals surface area contributed by atoms with Crippen molar-refractivity contribution in [1.82, 2.24) is 0 Å². The molecule has 0 saturated heterocycles. The number of amides is 1. The average Bonchev–Trinajstić information content (AvgIpc) is 3.01. The van der Waals surface area contributed by atoms with Crippen molar-refractivity contribution in [2.75, 3.05) is 30.1 Å². The Balaban J connectivity index is 1.48. The molecule has 2 aliphatic heterocycles. The van der Waals surface area contributed by atoms with E-state index in [1.165, 1.54) is 12.1 Å². The minimum atomic E-state index is -0.363. The third kappa shape index (κ3) is 3.17. The standard InChI is InChI=1S/C18H17FN2O4/c1-11-8-21(14-4-2-12(19)6-16(14)25-11)9-18(22)20-13-3-5-15-17(7-13)24-10-23-15/h2-7,11H,8-10H2,1H3,(H,20,22). The zero-order valence-corrected chi connectivity index (χ0v) is 13.6. The van der Waals surface area contributed by atoms with Crippen molar-refractivity contribution in [1.29, 1.82) is 0 Å². The number of hydrogen-bond donors (Lipinski definition) is 1. The van der Waals surface area contributed by atoms with Gasteiger partial charge in [-0.3, -0.25) is 4.79 Å². The molecule has 0 bridgehead atoms. The summed E-state index contributed by atoms with van der Waals surface area (Å²) in [5, 5.41) is 2.84. The van der Waals surface area contributed by atoms with Gasteiger partial charge in [-0.2, -0.15) is 0 Å². The van der Waals surface area contributed by atoms with Crippen molar-refractivity contribution >= 4 is 17.3 Å². The van der Waals surface area contributed by atoms with Gasteiger partial charge in [-0.1, -0.05) is 0 Å². The second-order valence-corrected chi connectivity index (χ2v) is 6.04. The van der Waals surface area contributed by atoms with E-state index < -0.39 is 0 Å². The fraction of sp³-hybridized carbons (Fsp3) is 0.278. The van der Waals surface area contributed by atoms with Crippen molar-refractivity contribution in [3.05, 3.63) is 42.2 Å². The van der Waals surface area contributed by atoms with Crippen LogP contribution in [-0.2, 0) is 4.79 Å². The molecule has 0 spiro atoms. The molecule has 1 N–H and O–H groups in total. The number of carbonyl (C=O) groups excluding carboxylic acids is 1. The Hall–Kier alpha value is -2.96. The summed E-state index contributed by atoms with van der Waals surface area (Å²) in [6.07, 6.45) is -0.132. The van der Waals surface area contributed by atoms with Gasteiger partial charge in [0.1, 0.15) is 17.7 Å². The van der Waals surface area contributed by atoms with Crippen LogP contribution in [0.2, 0.25) is 0 Å². The second kappa shape index (κ2) is 6.16. The highest BCUT2D eigenvalue weighted by molar-refractivity contribution is 5.94. The van der Waals surface area contributed by atoms with Crippen molar-refractivity contribution < 1.29 is 23.4 Å². The number of halogens is 1. The van der Waals surface area contributed by atoms with E-state index in [-0.39, 0.29) is 31.2 Å². The van der Waals surface area contributed by atoms with Crippen LogP contribution in [0.3, 0.4) is 0 Å². The molecule has 2 aromatic carbocycles. The Kier molecular flexibility index (Phi) is 3.83. The zero-order chi connectivity index (χ0) is 17.4. The van der Waals surface area contributed by atoms with Gasteiger partial charge in [-0.25, -0.2) is 4.39 Å². The molecule has 25 heavy (non-hydrogen) atoms. The number of nitrogens with one attached hydrogen (secondary N) is 1. The van der Waals surface area contributed by atoms with E-state index in [9.17, 15) is 9.18 Å². The van der Waals surface area contributed by atoms with Crippen LogP contribution >= 0.6 is 0 Å². The first kappa shape index (κ1) is 15.6. The van der Waals surface area contributed by atoms with E-state index in [2.05, 4.69) is 5.32 Å². The lowest BCUT2D eigenvalue weighted by Gasteiger charge is -2.34. The maximum atomic E-state index is 13.4. The van der Waals surface area contributed by atoms with E-state index in [1.54, 1.807) is 24.3 Å². The summed E-state index contributed by atoms with van der Waals surface area (Å²) in [4.78, 5) is 14.3. The minimum absolute atomic E-state index is 0.132. The number of benzene rings is 2. The van der Waals surface area contributed by atoms with Crippen LogP contribution in [0.1, 0.15) is 6.92 Å². The highest BCUT2D eigenvalue weighted by atomic mass is 19.1. The van der Waals surface area contributed by atoms with Gasteiger partial charge in [0.2, 0.25) is 12.7 Å². The zero-order valence-electron chi connectivity index (χ0n) is 13.6. The van der Waals surface area contributed by atoms with Gasteiger partial charge in [0, 0.05) is 17.8 Å². The Morgan fingerprint density at radius 2 is 2.04 bits per heavy atom. The molecule has 4 rings (SSSR count). The Labute approximate surface area is 144 Å². The van der Waals surface area contributed by atoms with E-state index in [4.69, 9.17) is 14.2 Å². The second-order valence-electron chi connectivity index (χ2n) is 6.04. The Morgan fingerprint density at radius 3 is 2.92 bits per heavy atom. The van der Waals surface area contributed by atoms with E-state index in [1.807, 2.05) is 11.8 Å². The molecule has 2 heterocycles. The van der Waals surface area contributed by atoms with Gasteiger partial charge in [-0.15, -0.1) is 0 Å². The van der Waals surface area contributed by atoms with E-state index in [0.717, 1.165) is 0 Å². The largest absolute Gasteiger partial charge is 0.487 e. The summed E-state index contributed by atoms with van der Waals surface area (Å²) in [5.41, 5.74) is 1.34. The number of anilines is 2. The molecule has 2 aliphatic rings. The average molecular weight is 344 g/mol. The van der Waals surface area contributed by atoms with Crippen LogP contribution in [0.15, 0.2) is 36.4 Å². The van der Waals surface area contributed by atoms with Gasteiger partial charge in [0.25, 0.3) is 0 Å². The molecule has 6 nitrogen and oxygen atoms in total. The molecule has 2 aromatic rings. The summed E-state index contributed by atoms with van der Waals surface area (Å²) in [6.45, 7) is 2.76. The predicted molar refractivity (Wildman–Crippen MR) is 89.9 cm³/mol. The van der Waals surface area contributed by atoms with Crippen LogP contribution in [-0.4, -0.2) is 31.9 Å². The molecule has 130 valence electrons. The normalized spacial score (nSPS) is 17.7. The maximum Gasteiger partial charge on any atom is 0.243 e. The first-order valence-corrected chi connectivity index (χ1v) is 7.99.